The highest BCUT2D eigenvalue weighted by molar-refractivity contribution is 8.00. The summed E-state index contributed by atoms with van der Waals surface area (Å²) in [6.07, 6.45) is 4.77. The lowest BCUT2D eigenvalue weighted by atomic mass is 9.67. The van der Waals surface area contributed by atoms with Crippen LogP contribution in [0.4, 0.5) is 4.39 Å². The van der Waals surface area contributed by atoms with Gasteiger partial charge < -0.3 is 15.2 Å². The molecule has 1 aromatic carbocycles. The molecule has 0 spiro atoms. The number of hydrogen-bond donors (Lipinski definition) is 2. The van der Waals surface area contributed by atoms with Gasteiger partial charge in [-0.15, -0.1) is 11.3 Å². The van der Waals surface area contributed by atoms with Gasteiger partial charge in [-0.3, -0.25) is 4.98 Å². The monoisotopic (exact) mass is 509 g/mol. The van der Waals surface area contributed by atoms with Crippen LogP contribution < -0.4 is 10.1 Å². The molecule has 4 rings (SSSR count). The number of benzene rings is 1. The third kappa shape index (κ3) is 5.62. The molecule has 3 heterocycles. The van der Waals surface area contributed by atoms with E-state index in [0.29, 0.717) is 40.1 Å². The maximum Gasteiger partial charge on any atom is 0.149 e. The van der Waals surface area contributed by atoms with Crippen molar-refractivity contribution in [2.45, 2.75) is 36.2 Å². The zero-order chi connectivity index (χ0) is 23.3. The number of thiazole rings is 1. The number of rotatable bonds is 10. The topological polar surface area (TPSA) is 67.3 Å². The standard InChI is InChI=1S/C24H29ClFN3O2S2/c1-31-17-2-3-21-18(12-17)22(19(25)14-29-21)20(26)4-6-24(15-30)7-8-27-13-16(24)5-10-32-23-28-9-11-33-23/h2-3,9,11-12,14,16,20,27,30H,4-8,10,13,15H2,1H3/t16?,20-,24-/m1/s1. The molecule has 2 N–H and O–H groups in total. The minimum Gasteiger partial charge on any atom is -0.497 e. The van der Waals surface area contributed by atoms with Gasteiger partial charge in [0.1, 0.15) is 16.3 Å². The summed E-state index contributed by atoms with van der Waals surface area (Å²) in [7, 11) is 1.58. The van der Waals surface area contributed by atoms with Gasteiger partial charge in [0.15, 0.2) is 0 Å². The van der Waals surface area contributed by atoms with Crippen molar-refractivity contribution in [1.82, 2.24) is 15.3 Å². The predicted octanol–water partition coefficient (Wildman–Crippen LogP) is 5.91. The van der Waals surface area contributed by atoms with Crippen LogP contribution in [-0.4, -0.2) is 47.6 Å². The molecule has 1 aliphatic heterocycles. The number of hydrogen-bond acceptors (Lipinski definition) is 7. The molecule has 178 valence electrons. The summed E-state index contributed by atoms with van der Waals surface area (Å²) >= 11 is 9.81. The number of pyridine rings is 1. The minimum absolute atomic E-state index is 0.0621. The number of halogens is 2. The molecular formula is C24H29ClFN3O2S2. The SMILES string of the molecule is COc1ccc2ncc(Cl)c([C@H](F)CC[C@]3(CO)CCNCC3CCSc3nccs3)c2c1. The van der Waals surface area contributed by atoms with Crippen molar-refractivity contribution >= 4 is 45.6 Å². The summed E-state index contributed by atoms with van der Waals surface area (Å²) in [5.41, 5.74) is 0.846. The average molecular weight is 510 g/mol. The number of thioether (sulfide) groups is 1. The molecule has 1 fully saturated rings. The van der Waals surface area contributed by atoms with E-state index >= 15 is 4.39 Å². The lowest BCUT2D eigenvalue weighted by molar-refractivity contribution is 0.0154. The maximum absolute atomic E-state index is 15.7. The summed E-state index contributed by atoms with van der Waals surface area (Å²) in [6.45, 7) is 1.74. The average Bonchev–Trinajstić information content (AvgIpc) is 3.36. The van der Waals surface area contributed by atoms with Crippen molar-refractivity contribution in [3.8, 4) is 5.75 Å². The second-order valence-electron chi connectivity index (χ2n) is 8.52. The maximum atomic E-state index is 15.7. The third-order valence-electron chi connectivity index (χ3n) is 6.75. The molecule has 0 saturated carbocycles. The van der Waals surface area contributed by atoms with Crippen LogP contribution in [0, 0.1) is 11.3 Å². The number of nitrogens with zero attached hydrogens (tertiary/aromatic N) is 2. The number of aromatic nitrogens is 2. The van der Waals surface area contributed by atoms with Crippen molar-refractivity contribution in [3.05, 3.63) is 46.6 Å². The molecule has 9 heteroatoms. The van der Waals surface area contributed by atoms with Crippen LogP contribution in [0.25, 0.3) is 10.9 Å². The summed E-state index contributed by atoms with van der Waals surface area (Å²) in [6, 6.07) is 5.42. The van der Waals surface area contributed by atoms with Gasteiger partial charge in [-0.2, -0.15) is 0 Å². The first-order valence-corrected chi connectivity index (χ1v) is 13.4. The van der Waals surface area contributed by atoms with Crippen molar-refractivity contribution in [1.29, 1.82) is 0 Å². The van der Waals surface area contributed by atoms with E-state index in [0.717, 1.165) is 36.0 Å². The Morgan fingerprint density at radius 2 is 2.30 bits per heavy atom. The van der Waals surface area contributed by atoms with E-state index in [-0.39, 0.29) is 17.9 Å². The first-order valence-electron chi connectivity index (χ1n) is 11.2. The minimum atomic E-state index is -1.25. The lowest BCUT2D eigenvalue weighted by Gasteiger charge is -2.44. The Labute approximate surface area is 207 Å². The zero-order valence-corrected chi connectivity index (χ0v) is 21.0. The van der Waals surface area contributed by atoms with Gasteiger partial charge in [0.2, 0.25) is 0 Å². The van der Waals surface area contributed by atoms with Gasteiger partial charge in [-0.25, -0.2) is 9.37 Å². The van der Waals surface area contributed by atoms with Crippen molar-refractivity contribution in [2.75, 3.05) is 32.6 Å². The van der Waals surface area contributed by atoms with E-state index in [1.54, 1.807) is 36.3 Å². The number of alkyl halides is 1. The quantitative estimate of drug-likeness (QED) is 0.331. The highest BCUT2D eigenvalue weighted by Crippen LogP contribution is 2.44. The van der Waals surface area contributed by atoms with Crippen LogP contribution in [0.1, 0.15) is 37.4 Å². The first kappa shape index (κ1) is 24.7. The fraction of sp³-hybridized carbons (Fsp3) is 0.500. The summed E-state index contributed by atoms with van der Waals surface area (Å²) in [4.78, 5) is 8.67. The van der Waals surface area contributed by atoms with E-state index in [4.69, 9.17) is 16.3 Å². The number of aliphatic hydroxyl groups is 1. The molecule has 3 aromatic rings. The largest absolute Gasteiger partial charge is 0.497 e. The molecule has 1 saturated heterocycles. The fourth-order valence-electron chi connectivity index (χ4n) is 4.80. The third-order valence-corrected chi connectivity index (χ3v) is 9.05. The molecule has 5 nitrogen and oxygen atoms in total. The van der Waals surface area contributed by atoms with Crippen LogP contribution in [0.3, 0.4) is 0 Å². The zero-order valence-electron chi connectivity index (χ0n) is 18.6. The summed E-state index contributed by atoms with van der Waals surface area (Å²) < 4.78 is 22.1. The van der Waals surface area contributed by atoms with Crippen molar-refractivity contribution in [3.63, 3.8) is 0 Å². The molecule has 0 aliphatic carbocycles. The summed E-state index contributed by atoms with van der Waals surface area (Å²) in [5.74, 6) is 1.85. The predicted molar refractivity (Wildman–Crippen MR) is 134 cm³/mol. The van der Waals surface area contributed by atoms with E-state index in [1.807, 2.05) is 23.7 Å². The Balaban J connectivity index is 1.49. The first-order chi connectivity index (χ1) is 16.1. The molecular weight excluding hydrogens is 481 g/mol. The smallest absolute Gasteiger partial charge is 0.149 e. The van der Waals surface area contributed by atoms with Gasteiger partial charge in [-0.1, -0.05) is 23.4 Å². The van der Waals surface area contributed by atoms with Gasteiger partial charge in [-0.05, 0) is 68.3 Å². The Morgan fingerprint density at radius 3 is 3.06 bits per heavy atom. The van der Waals surface area contributed by atoms with E-state index < -0.39 is 6.17 Å². The molecule has 1 aliphatic rings. The highest BCUT2D eigenvalue weighted by atomic mass is 35.5. The number of piperidine rings is 1. The summed E-state index contributed by atoms with van der Waals surface area (Å²) in [5, 5.41) is 16.9. The normalized spacial score (nSPS) is 21.9. The Morgan fingerprint density at radius 1 is 1.42 bits per heavy atom. The van der Waals surface area contributed by atoms with Crippen LogP contribution in [0.2, 0.25) is 5.02 Å². The van der Waals surface area contributed by atoms with Gasteiger partial charge >= 0.3 is 0 Å². The van der Waals surface area contributed by atoms with Crippen molar-refractivity contribution in [2.24, 2.45) is 11.3 Å². The second kappa shape index (κ2) is 11.3. The van der Waals surface area contributed by atoms with Gasteiger partial charge in [0.25, 0.3) is 0 Å². The number of nitrogens with one attached hydrogen (secondary N) is 1. The molecule has 0 radical (unpaired) electrons. The number of aliphatic hydroxyl groups excluding tert-OH is 1. The lowest BCUT2D eigenvalue weighted by Crippen LogP contribution is -2.47. The van der Waals surface area contributed by atoms with Crippen molar-refractivity contribution < 1.29 is 14.2 Å². The van der Waals surface area contributed by atoms with Crippen LogP contribution in [0.15, 0.2) is 40.3 Å². The van der Waals surface area contributed by atoms with Crippen LogP contribution in [-0.2, 0) is 0 Å². The van der Waals surface area contributed by atoms with E-state index in [2.05, 4.69) is 15.3 Å². The van der Waals surface area contributed by atoms with E-state index in [1.165, 1.54) is 6.20 Å². The van der Waals surface area contributed by atoms with E-state index in [9.17, 15) is 5.11 Å². The van der Waals surface area contributed by atoms with Gasteiger partial charge in [0, 0.05) is 41.1 Å². The number of fused-ring (bicyclic) bond motifs is 1. The van der Waals surface area contributed by atoms with Crippen LogP contribution >= 0.6 is 34.7 Å². The van der Waals surface area contributed by atoms with Gasteiger partial charge in [0.05, 0.1) is 17.6 Å². The fourth-order valence-corrected chi connectivity index (χ4v) is 6.83. The Hall–Kier alpha value is -1.45. The van der Waals surface area contributed by atoms with Crippen LogP contribution in [0.5, 0.6) is 5.75 Å². The molecule has 2 aromatic heterocycles. The molecule has 0 bridgehead atoms. The Kier molecular flexibility index (Phi) is 8.46. The second-order valence-corrected chi connectivity index (χ2v) is 11.2. The Bertz CT molecular complexity index is 1060. The molecule has 0 amide bonds. The molecule has 33 heavy (non-hydrogen) atoms. The molecule has 1 unspecified atom stereocenters. The molecule has 3 atom stereocenters. The highest BCUT2D eigenvalue weighted by Gasteiger charge is 2.40. The number of methoxy groups -OCH3 is 1. The number of ether oxygens (including phenoxy) is 1.